The van der Waals surface area contributed by atoms with Crippen LogP contribution in [0.4, 0.5) is 10.5 Å². The van der Waals surface area contributed by atoms with Crippen LogP contribution in [0.1, 0.15) is 5.56 Å². The van der Waals surface area contributed by atoms with Gasteiger partial charge in [0.05, 0.1) is 5.69 Å². The summed E-state index contributed by atoms with van der Waals surface area (Å²) in [6.45, 7) is 0.515. The molecule has 0 atom stereocenters. The highest BCUT2D eigenvalue weighted by atomic mass is 16.3. The van der Waals surface area contributed by atoms with Crippen molar-refractivity contribution >= 4 is 22.6 Å². The number of anilines is 1. The van der Waals surface area contributed by atoms with E-state index in [2.05, 4.69) is 21.7 Å². The second-order valence-corrected chi connectivity index (χ2v) is 5.01. The zero-order valence-corrected chi connectivity index (χ0v) is 12.0. The summed E-state index contributed by atoms with van der Waals surface area (Å²) in [7, 11) is 0. The van der Waals surface area contributed by atoms with Crippen molar-refractivity contribution in [3.8, 4) is 5.75 Å². The van der Waals surface area contributed by atoms with Crippen molar-refractivity contribution in [3.63, 3.8) is 0 Å². The maximum atomic E-state index is 11.8. The Labute approximate surface area is 128 Å². The van der Waals surface area contributed by atoms with Crippen LogP contribution in [-0.4, -0.2) is 22.7 Å². The number of carbonyl (C=O) groups is 1. The van der Waals surface area contributed by atoms with Crippen LogP contribution in [0.3, 0.4) is 0 Å². The van der Waals surface area contributed by atoms with Crippen molar-refractivity contribution in [3.05, 3.63) is 60.3 Å². The number of H-pyrrole nitrogens is 1. The number of aromatic amines is 1. The molecule has 1 aromatic heterocycles. The predicted molar refractivity (Wildman–Crippen MR) is 87.1 cm³/mol. The average molecular weight is 295 g/mol. The molecule has 0 saturated heterocycles. The molecular weight excluding hydrogens is 278 g/mol. The summed E-state index contributed by atoms with van der Waals surface area (Å²) in [4.78, 5) is 15.0. The van der Waals surface area contributed by atoms with Crippen molar-refractivity contribution in [2.45, 2.75) is 6.42 Å². The summed E-state index contributed by atoms with van der Waals surface area (Å²) < 4.78 is 0. The molecule has 0 radical (unpaired) electrons. The number of phenols is 1. The number of phenolic OH excluding ortho intramolecular Hbond substituents is 1. The molecule has 5 heteroatoms. The van der Waals surface area contributed by atoms with E-state index < -0.39 is 0 Å². The number of hydrogen-bond donors (Lipinski definition) is 4. The summed E-state index contributed by atoms with van der Waals surface area (Å²) >= 11 is 0. The Hall–Kier alpha value is -2.95. The molecule has 3 aromatic rings. The normalized spacial score (nSPS) is 10.5. The molecule has 1 heterocycles. The summed E-state index contributed by atoms with van der Waals surface area (Å²) in [6, 6.07) is 14.4. The molecule has 112 valence electrons. The number of aromatic nitrogens is 1. The van der Waals surface area contributed by atoms with Gasteiger partial charge in [-0.1, -0.05) is 30.3 Å². The Balaban J connectivity index is 1.55. The van der Waals surface area contributed by atoms with E-state index in [1.165, 1.54) is 17.0 Å². The Kier molecular flexibility index (Phi) is 3.96. The van der Waals surface area contributed by atoms with E-state index in [0.29, 0.717) is 12.2 Å². The lowest BCUT2D eigenvalue weighted by Crippen LogP contribution is -2.30. The molecule has 0 saturated carbocycles. The SMILES string of the molecule is O=C(NCCc1c[nH]c2ccccc12)Nc1ccccc1O. The summed E-state index contributed by atoms with van der Waals surface area (Å²) in [5, 5.41) is 16.2. The van der Waals surface area contributed by atoms with Gasteiger partial charge in [0, 0.05) is 23.6 Å². The van der Waals surface area contributed by atoms with Crippen molar-refractivity contribution in [1.29, 1.82) is 0 Å². The van der Waals surface area contributed by atoms with Crippen molar-refractivity contribution in [2.75, 3.05) is 11.9 Å². The Morgan fingerprint density at radius 1 is 1.09 bits per heavy atom. The zero-order valence-electron chi connectivity index (χ0n) is 12.0. The topological polar surface area (TPSA) is 77.2 Å². The first kappa shape index (κ1) is 14.0. The van der Waals surface area contributed by atoms with Gasteiger partial charge in [0.2, 0.25) is 0 Å². The zero-order chi connectivity index (χ0) is 15.4. The van der Waals surface area contributed by atoms with Gasteiger partial charge in [-0.05, 0) is 30.2 Å². The molecule has 0 aliphatic carbocycles. The molecule has 3 rings (SSSR count). The van der Waals surface area contributed by atoms with Gasteiger partial charge >= 0.3 is 6.03 Å². The van der Waals surface area contributed by atoms with Gasteiger partial charge in [-0.25, -0.2) is 4.79 Å². The molecule has 0 aliphatic rings. The number of carbonyl (C=O) groups excluding carboxylic acids is 1. The monoisotopic (exact) mass is 295 g/mol. The number of fused-ring (bicyclic) bond motifs is 1. The van der Waals surface area contributed by atoms with Crippen LogP contribution in [0, 0.1) is 0 Å². The third-order valence-electron chi connectivity index (χ3n) is 3.51. The van der Waals surface area contributed by atoms with Gasteiger partial charge in [0.15, 0.2) is 0 Å². The minimum Gasteiger partial charge on any atom is -0.506 e. The fourth-order valence-electron chi connectivity index (χ4n) is 2.40. The Morgan fingerprint density at radius 2 is 1.86 bits per heavy atom. The summed E-state index contributed by atoms with van der Waals surface area (Å²) in [5.41, 5.74) is 2.65. The van der Waals surface area contributed by atoms with E-state index in [1.807, 2.05) is 24.4 Å². The molecule has 0 spiro atoms. The fourth-order valence-corrected chi connectivity index (χ4v) is 2.40. The number of rotatable bonds is 4. The minimum absolute atomic E-state index is 0.0503. The lowest BCUT2D eigenvalue weighted by atomic mass is 10.1. The van der Waals surface area contributed by atoms with E-state index in [0.717, 1.165) is 11.9 Å². The molecule has 0 aliphatic heterocycles. The summed E-state index contributed by atoms with van der Waals surface area (Å²) in [5.74, 6) is 0.0503. The number of benzene rings is 2. The van der Waals surface area contributed by atoms with Crippen LogP contribution in [-0.2, 0) is 6.42 Å². The molecule has 5 nitrogen and oxygen atoms in total. The molecule has 2 aromatic carbocycles. The van der Waals surface area contributed by atoms with Gasteiger partial charge in [-0.2, -0.15) is 0 Å². The van der Waals surface area contributed by atoms with Crippen molar-refractivity contribution in [2.24, 2.45) is 0 Å². The number of nitrogens with one attached hydrogen (secondary N) is 3. The highest BCUT2D eigenvalue weighted by molar-refractivity contribution is 5.90. The van der Waals surface area contributed by atoms with Crippen LogP contribution in [0.5, 0.6) is 5.75 Å². The van der Waals surface area contributed by atoms with Crippen LogP contribution in [0.2, 0.25) is 0 Å². The standard InChI is InChI=1S/C17H17N3O2/c21-16-8-4-3-7-15(16)20-17(22)18-10-9-12-11-19-14-6-2-1-5-13(12)14/h1-8,11,19,21H,9-10H2,(H2,18,20,22). The van der Waals surface area contributed by atoms with Gasteiger partial charge in [-0.3, -0.25) is 0 Å². The molecule has 0 unspecified atom stereocenters. The predicted octanol–water partition coefficient (Wildman–Crippen LogP) is 3.24. The first-order valence-electron chi connectivity index (χ1n) is 7.12. The average Bonchev–Trinajstić information content (AvgIpc) is 2.93. The van der Waals surface area contributed by atoms with Crippen LogP contribution in [0.15, 0.2) is 54.7 Å². The Morgan fingerprint density at radius 3 is 2.73 bits per heavy atom. The summed E-state index contributed by atoms with van der Waals surface area (Å²) in [6.07, 6.45) is 2.70. The first-order valence-corrected chi connectivity index (χ1v) is 7.12. The number of hydrogen-bond acceptors (Lipinski definition) is 2. The number of urea groups is 1. The second kappa shape index (κ2) is 6.22. The van der Waals surface area contributed by atoms with Crippen molar-refractivity contribution in [1.82, 2.24) is 10.3 Å². The van der Waals surface area contributed by atoms with E-state index >= 15 is 0 Å². The van der Waals surface area contributed by atoms with Gasteiger partial charge in [0.25, 0.3) is 0 Å². The van der Waals surface area contributed by atoms with Gasteiger partial charge < -0.3 is 20.7 Å². The molecule has 0 bridgehead atoms. The maximum Gasteiger partial charge on any atom is 0.319 e. The smallest absolute Gasteiger partial charge is 0.319 e. The first-order chi connectivity index (χ1) is 10.7. The Bertz CT molecular complexity index is 795. The van der Waals surface area contributed by atoms with E-state index in [9.17, 15) is 9.90 Å². The van der Waals surface area contributed by atoms with Crippen LogP contribution in [0.25, 0.3) is 10.9 Å². The van der Waals surface area contributed by atoms with E-state index in [4.69, 9.17) is 0 Å². The third kappa shape index (κ3) is 3.03. The maximum absolute atomic E-state index is 11.8. The van der Waals surface area contributed by atoms with Gasteiger partial charge in [-0.15, -0.1) is 0 Å². The van der Waals surface area contributed by atoms with E-state index in [-0.39, 0.29) is 11.8 Å². The molecule has 22 heavy (non-hydrogen) atoms. The quantitative estimate of drug-likeness (QED) is 0.558. The van der Waals surface area contributed by atoms with E-state index in [1.54, 1.807) is 18.2 Å². The van der Waals surface area contributed by atoms with Crippen molar-refractivity contribution < 1.29 is 9.90 Å². The number of para-hydroxylation sites is 3. The molecule has 2 amide bonds. The largest absolute Gasteiger partial charge is 0.506 e. The molecule has 0 fully saturated rings. The third-order valence-corrected chi connectivity index (χ3v) is 3.51. The lowest BCUT2D eigenvalue weighted by Gasteiger charge is -2.08. The number of amides is 2. The minimum atomic E-state index is -0.332. The number of aromatic hydroxyl groups is 1. The van der Waals surface area contributed by atoms with Gasteiger partial charge in [0.1, 0.15) is 5.75 Å². The highest BCUT2D eigenvalue weighted by Gasteiger charge is 2.06. The molecule has 4 N–H and O–H groups in total. The second-order valence-electron chi connectivity index (χ2n) is 5.01. The lowest BCUT2D eigenvalue weighted by molar-refractivity contribution is 0.252. The highest BCUT2D eigenvalue weighted by Crippen LogP contribution is 2.21. The molecular formula is C17H17N3O2. The fraction of sp³-hybridized carbons (Fsp3) is 0.118. The van der Waals surface area contributed by atoms with Crippen LogP contribution < -0.4 is 10.6 Å². The van der Waals surface area contributed by atoms with Crippen LogP contribution >= 0.6 is 0 Å².